The molecule has 0 aromatic heterocycles. The van der Waals surface area contributed by atoms with Crippen LogP contribution in [0.5, 0.6) is 0 Å². The van der Waals surface area contributed by atoms with Crippen LogP contribution in [-0.4, -0.2) is 20.2 Å². The van der Waals surface area contributed by atoms with Gasteiger partial charge < -0.3 is 10.1 Å². The summed E-state index contributed by atoms with van der Waals surface area (Å²) in [7, 11) is 1.75. The molecule has 0 spiro atoms. The quantitative estimate of drug-likeness (QED) is 0.799. The van der Waals surface area contributed by atoms with Crippen LogP contribution in [0.25, 0.3) is 0 Å². The third-order valence-corrected chi connectivity index (χ3v) is 3.57. The number of methoxy groups -OCH3 is 1. The zero-order valence-electron chi connectivity index (χ0n) is 11.8. The average Bonchev–Trinajstić information content (AvgIpc) is 3.09. The van der Waals surface area contributed by atoms with Gasteiger partial charge in [-0.15, -0.1) is 0 Å². The second-order valence-corrected chi connectivity index (χ2v) is 5.83. The highest BCUT2D eigenvalue weighted by atomic mass is 16.5. The van der Waals surface area contributed by atoms with Gasteiger partial charge in [-0.3, -0.25) is 0 Å². The topological polar surface area (TPSA) is 21.3 Å². The van der Waals surface area contributed by atoms with Gasteiger partial charge in [0.2, 0.25) is 0 Å². The van der Waals surface area contributed by atoms with E-state index < -0.39 is 0 Å². The van der Waals surface area contributed by atoms with E-state index in [-0.39, 0.29) is 0 Å². The molecule has 0 aliphatic heterocycles. The molecule has 2 unspecified atom stereocenters. The van der Waals surface area contributed by atoms with Gasteiger partial charge in [-0.2, -0.15) is 0 Å². The molecule has 2 rings (SSSR count). The number of rotatable bonds is 7. The van der Waals surface area contributed by atoms with E-state index >= 15 is 0 Å². The van der Waals surface area contributed by atoms with Gasteiger partial charge in [0.25, 0.3) is 0 Å². The normalized spacial score (nSPS) is 22.4. The van der Waals surface area contributed by atoms with Crippen LogP contribution in [0.1, 0.15) is 37.3 Å². The van der Waals surface area contributed by atoms with Crippen LogP contribution in [0.3, 0.4) is 0 Å². The van der Waals surface area contributed by atoms with Crippen LogP contribution in [-0.2, 0) is 11.3 Å². The Bertz CT molecular complexity index is 375. The van der Waals surface area contributed by atoms with E-state index in [1.54, 1.807) is 7.11 Å². The summed E-state index contributed by atoms with van der Waals surface area (Å²) in [5, 5.41) is 3.56. The van der Waals surface area contributed by atoms with E-state index in [2.05, 4.69) is 43.4 Å². The average molecular weight is 247 g/mol. The highest BCUT2D eigenvalue weighted by Crippen LogP contribution is 2.47. The van der Waals surface area contributed by atoms with Crippen molar-refractivity contribution in [1.29, 1.82) is 0 Å². The van der Waals surface area contributed by atoms with Gasteiger partial charge in [-0.1, -0.05) is 38.1 Å². The van der Waals surface area contributed by atoms with E-state index in [4.69, 9.17) is 4.74 Å². The second-order valence-electron chi connectivity index (χ2n) is 5.83. The first kappa shape index (κ1) is 13.6. The van der Waals surface area contributed by atoms with Crippen molar-refractivity contribution >= 4 is 0 Å². The third-order valence-electron chi connectivity index (χ3n) is 3.57. The lowest BCUT2D eigenvalue weighted by molar-refractivity contribution is 0.185. The molecule has 0 amide bonds. The number of ether oxygens (including phenoxy) is 1. The highest BCUT2D eigenvalue weighted by molar-refractivity contribution is 5.30. The van der Waals surface area contributed by atoms with Crippen molar-refractivity contribution < 1.29 is 4.74 Å². The van der Waals surface area contributed by atoms with Crippen molar-refractivity contribution in [1.82, 2.24) is 5.32 Å². The van der Waals surface area contributed by atoms with Crippen molar-refractivity contribution in [3.63, 3.8) is 0 Å². The monoisotopic (exact) mass is 247 g/mol. The van der Waals surface area contributed by atoms with Crippen LogP contribution in [0, 0.1) is 11.8 Å². The summed E-state index contributed by atoms with van der Waals surface area (Å²) in [4.78, 5) is 0. The maximum Gasteiger partial charge on any atom is 0.0713 e. The summed E-state index contributed by atoms with van der Waals surface area (Å²) in [6.07, 6.45) is 1.33. The first-order valence-corrected chi connectivity index (χ1v) is 6.99. The smallest absolute Gasteiger partial charge is 0.0713 e. The first-order valence-electron chi connectivity index (χ1n) is 6.99. The van der Waals surface area contributed by atoms with Crippen molar-refractivity contribution in [3.05, 3.63) is 35.4 Å². The van der Waals surface area contributed by atoms with E-state index in [0.717, 1.165) is 37.5 Å². The largest absolute Gasteiger partial charge is 0.380 e. The Morgan fingerprint density at radius 2 is 2.22 bits per heavy atom. The summed E-state index contributed by atoms with van der Waals surface area (Å²) >= 11 is 0. The van der Waals surface area contributed by atoms with Gasteiger partial charge in [0.1, 0.15) is 0 Å². The summed E-state index contributed by atoms with van der Waals surface area (Å²) in [6, 6.07) is 8.85. The van der Waals surface area contributed by atoms with Gasteiger partial charge in [0.05, 0.1) is 6.61 Å². The molecule has 0 bridgehead atoms. The van der Waals surface area contributed by atoms with E-state index in [9.17, 15) is 0 Å². The van der Waals surface area contributed by atoms with Gasteiger partial charge >= 0.3 is 0 Å². The standard InChI is InChI=1S/C16H25NO/c1-12(2)9-17-10-15-8-16(15)14-6-4-5-13(7-14)11-18-3/h4-7,12,15-17H,8-11H2,1-3H3. The second kappa shape index (κ2) is 6.35. The molecule has 1 N–H and O–H groups in total. The van der Waals surface area contributed by atoms with E-state index in [0.29, 0.717) is 0 Å². The molecule has 1 aliphatic carbocycles. The summed E-state index contributed by atoms with van der Waals surface area (Å²) in [6.45, 7) is 7.53. The lowest BCUT2D eigenvalue weighted by Crippen LogP contribution is -2.22. The highest BCUT2D eigenvalue weighted by Gasteiger charge is 2.37. The minimum absolute atomic E-state index is 0.719. The number of hydrogen-bond donors (Lipinski definition) is 1. The van der Waals surface area contributed by atoms with Crippen LogP contribution in [0.4, 0.5) is 0 Å². The lowest BCUT2D eigenvalue weighted by atomic mass is 10.1. The summed E-state index contributed by atoms with van der Waals surface area (Å²) in [5.41, 5.74) is 2.77. The fourth-order valence-corrected chi connectivity index (χ4v) is 2.52. The lowest BCUT2D eigenvalue weighted by Gasteiger charge is -2.07. The predicted octanol–water partition coefficient (Wildman–Crippen LogP) is 3.18. The number of nitrogens with one attached hydrogen (secondary N) is 1. The Morgan fingerprint density at radius 1 is 1.39 bits per heavy atom. The first-order chi connectivity index (χ1) is 8.70. The zero-order valence-corrected chi connectivity index (χ0v) is 11.8. The Labute approximate surface area is 111 Å². The van der Waals surface area contributed by atoms with Crippen molar-refractivity contribution in [2.24, 2.45) is 11.8 Å². The van der Waals surface area contributed by atoms with E-state index in [1.165, 1.54) is 17.5 Å². The van der Waals surface area contributed by atoms with Crippen molar-refractivity contribution in [3.8, 4) is 0 Å². The maximum atomic E-state index is 5.19. The molecular formula is C16H25NO. The van der Waals surface area contributed by atoms with Crippen molar-refractivity contribution in [2.75, 3.05) is 20.2 Å². The van der Waals surface area contributed by atoms with Gasteiger partial charge in [0, 0.05) is 7.11 Å². The predicted molar refractivity (Wildman–Crippen MR) is 75.7 cm³/mol. The summed E-state index contributed by atoms with van der Waals surface area (Å²) in [5.74, 6) is 2.34. The molecule has 1 aliphatic rings. The molecule has 2 atom stereocenters. The fourth-order valence-electron chi connectivity index (χ4n) is 2.52. The molecule has 0 heterocycles. The van der Waals surface area contributed by atoms with Gasteiger partial charge in [-0.05, 0) is 48.4 Å². The molecular weight excluding hydrogens is 222 g/mol. The minimum Gasteiger partial charge on any atom is -0.380 e. The molecule has 0 radical (unpaired) electrons. The number of hydrogen-bond acceptors (Lipinski definition) is 2. The minimum atomic E-state index is 0.719. The van der Waals surface area contributed by atoms with Gasteiger partial charge in [0.15, 0.2) is 0 Å². The number of benzene rings is 1. The third kappa shape index (κ3) is 3.82. The molecule has 1 aromatic rings. The molecule has 1 fully saturated rings. The van der Waals surface area contributed by atoms with Crippen molar-refractivity contribution in [2.45, 2.75) is 32.8 Å². The molecule has 18 heavy (non-hydrogen) atoms. The fraction of sp³-hybridized carbons (Fsp3) is 0.625. The SMILES string of the molecule is COCc1cccc(C2CC2CNCC(C)C)c1. The summed E-state index contributed by atoms with van der Waals surface area (Å²) < 4.78 is 5.19. The molecule has 1 saturated carbocycles. The molecule has 0 saturated heterocycles. The molecule has 2 nitrogen and oxygen atoms in total. The van der Waals surface area contributed by atoms with Crippen LogP contribution in [0.2, 0.25) is 0 Å². The Balaban J connectivity index is 1.81. The Hall–Kier alpha value is -0.860. The van der Waals surface area contributed by atoms with Gasteiger partial charge in [-0.25, -0.2) is 0 Å². The Kier molecular flexibility index (Phi) is 4.79. The van der Waals surface area contributed by atoms with E-state index in [1.807, 2.05) is 0 Å². The molecule has 100 valence electrons. The zero-order chi connectivity index (χ0) is 13.0. The maximum absolute atomic E-state index is 5.19. The van der Waals surface area contributed by atoms with Crippen LogP contribution < -0.4 is 5.32 Å². The van der Waals surface area contributed by atoms with Crippen LogP contribution >= 0.6 is 0 Å². The Morgan fingerprint density at radius 3 is 2.94 bits per heavy atom. The molecule has 2 heteroatoms. The molecule has 1 aromatic carbocycles. The van der Waals surface area contributed by atoms with Crippen LogP contribution in [0.15, 0.2) is 24.3 Å².